The minimum absolute atomic E-state index is 0.0724. The van der Waals surface area contributed by atoms with E-state index in [1.165, 1.54) is 0 Å². The average molecular weight is 643 g/mol. The summed E-state index contributed by atoms with van der Waals surface area (Å²) in [6.45, 7) is 0. The SMILES string of the molecule is Oc1c(O)c(O)c2c(c1O)c(O)c(O)c1c2oc2cccc(-c3c4ccccc4c(-c4cccc(-c5ccccc5)c4)c4ccccc34)c21. The van der Waals surface area contributed by atoms with E-state index < -0.39 is 39.9 Å². The molecule has 0 spiro atoms. The molecule has 0 aliphatic carbocycles. The molecule has 0 unspecified atom stereocenters. The van der Waals surface area contributed by atoms with Crippen LogP contribution in [0, 0.1) is 0 Å². The van der Waals surface area contributed by atoms with Crippen molar-refractivity contribution in [3.05, 3.63) is 121 Å². The highest BCUT2D eigenvalue weighted by atomic mass is 16.4. The van der Waals surface area contributed by atoms with E-state index in [9.17, 15) is 30.6 Å². The Kier molecular flexibility index (Phi) is 5.98. The second-order valence-electron chi connectivity index (χ2n) is 12.1. The van der Waals surface area contributed by atoms with Gasteiger partial charge >= 0.3 is 0 Å². The van der Waals surface area contributed by atoms with Crippen molar-refractivity contribution in [2.75, 3.05) is 0 Å². The molecule has 0 atom stereocenters. The van der Waals surface area contributed by atoms with Crippen LogP contribution in [-0.4, -0.2) is 30.6 Å². The molecule has 236 valence electrons. The molecule has 6 N–H and O–H groups in total. The van der Waals surface area contributed by atoms with Crippen LogP contribution in [0.4, 0.5) is 0 Å². The van der Waals surface area contributed by atoms with Crippen molar-refractivity contribution in [2.24, 2.45) is 0 Å². The summed E-state index contributed by atoms with van der Waals surface area (Å²) in [6, 6.07) is 40.4. The highest BCUT2D eigenvalue weighted by molar-refractivity contribution is 6.30. The molecule has 0 fully saturated rings. The summed E-state index contributed by atoms with van der Waals surface area (Å²) >= 11 is 0. The molecule has 0 aliphatic heterocycles. The van der Waals surface area contributed by atoms with Crippen molar-refractivity contribution >= 4 is 54.3 Å². The monoisotopic (exact) mass is 642 g/mol. The molecule has 0 saturated heterocycles. The third-order valence-electron chi connectivity index (χ3n) is 9.50. The van der Waals surface area contributed by atoms with Crippen molar-refractivity contribution in [3.63, 3.8) is 0 Å². The van der Waals surface area contributed by atoms with E-state index in [1.807, 2.05) is 54.6 Å². The van der Waals surface area contributed by atoms with Gasteiger partial charge in [-0.05, 0) is 67.1 Å². The normalized spacial score (nSPS) is 11.8. The predicted molar refractivity (Wildman–Crippen MR) is 193 cm³/mol. The topological polar surface area (TPSA) is 135 Å². The van der Waals surface area contributed by atoms with E-state index in [4.69, 9.17) is 4.42 Å². The number of fused-ring (bicyclic) bond motifs is 7. The van der Waals surface area contributed by atoms with Crippen LogP contribution < -0.4 is 0 Å². The molecule has 0 radical (unpaired) electrons. The number of hydrogen-bond acceptors (Lipinski definition) is 7. The van der Waals surface area contributed by atoms with Crippen LogP contribution >= 0.6 is 0 Å². The van der Waals surface area contributed by atoms with Gasteiger partial charge in [0.25, 0.3) is 0 Å². The lowest BCUT2D eigenvalue weighted by atomic mass is 9.84. The van der Waals surface area contributed by atoms with Crippen LogP contribution in [0.25, 0.3) is 87.6 Å². The molecular formula is C42H26O7. The van der Waals surface area contributed by atoms with Gasteiger partial charge in [0.15, 0.2) is 28.6 Å². The number of rotatable bonds is 3. The average Bonchev–Trinajstić information content (AvgIpc) is 3.54. The van der Waals surface area contributed by atoms with E-state index in [-0.39, 0.29) is 16.4 Å². The van der Waals surface area contributed by atoms with Crippen molar-refractivity contribution in [1.82, 2.24) is 0 Å². The van der Waals surface area contributed by atoms with Gasteiger partial charge in [0.1, 0.15) is 5.58 Å². The Labute approximate surface area is 278 Å². The molecule has 0 saturated carbocycles. The molecule has 7 heteroatoms. The summed E-state index contributed by atoms with van der Waals surface area (Å²) in [5, 5.41) is 68.5. The van der Waals surface area contributed by atoms with Gasteiger partial charge < -0.3 is 35.1 Å². The number of hydrogen-bond donors (Lipinski definition) is 6. The maximum atomic E-state index is 11.5. The van der Waals surface area contributed by atoms with E-state index in [0.717, 1.165) is 49.4 Å². The third-order valence-corrected chi connectivity index (χ3v) is 9.50. The minimum Gasteiger partial charge on any atom is -0.504 e. The molecule has 8 aromatic carbocycles. The molecule has 7 nitrogen and oxygen atoms in total. The maximum absolute atomic E-state index is 11.5. The summed E-state index contributed by atoms with van der Waals surface area (Å²) < 4.78 is 6.23. The lowest BCUT2D eigenvalue weighted by Gasteiger charge is -2.19. The first-order valence-corrected chi connectivity index (χ1v) is 15.6. The Balaban J connectivity index is 1.42. The fourth-order valence-corrected chi connectivity index (χ4v) is 7.36. The summed E-state index contributed by atoms with van der Waals surface area (Å²) in [6.07, 6.45) is 0. The van der Waals surface area contributed by atoms with Crippen LogP contribution in [-0.2, 0) is 0 Å². The van der Waals surface area contributed by atoms with Gasteiger partial charge in [-0.2, -0.15) is 0 Å². The van der Waals surface area contributed by atoms with Gasteiger partial charge in [0.05, 0.1) is 16.2 Å². The zero-order valence-electron chi connectivity index (χ0n) is 25.6. The zero-order chi connectivity index (χ0) is 33.6. The molecule has 0 amide bonds. The molecule has 9 aromatic rings. The standard InChI is InChI=1S/C42H26O7/c43-36-33-35(39(46)41(48)40(47)37(33)44)42-34(38(36)45)32-28(18-9-19-29(32)49-42)31-26-16-6-4-14-24(26)30(25-15-5-7-17-27(25)31)23-13-8-12-22(20-23)21-10-2-1-3-11-21/h1-20,43-48H. The lowest BCUT2D eigenvalue weighted by molar-refractivity contribution is 0.349. The predicted octanol–water partition coefficient (Wildman–Crippen LogP) is 10.3. The minimum atomic E-state index is -1.04. The maximum Gasteiger partial charge on any atom is 0.205 e. The Morgan fingerprint density at radius 1 is 0.347 bits per heavy atom. The number of phenols is 6. The molecular weight excluding hydrogens is 616 g/mol. The zero-order valence-corrected chi connectivity index (χ0v) is 25.6. The van der Waals surface area contributed by atoms with Crippen LogP contribution in [0.1, 0.15) is 0 Å². The molecule has 0 bridgehead atoms. The number of furan rings is 1. The molecule has 49 heavy (non-hydrogen) atoms. The highest BCUT2D eigenvalue weighted by Gasteiger charge is 2.30. The van der Waals surface area contributed by atoms with Crippen LogP contribution in [0.5, 0.6) is 34.5 Å². The molecule has 9 rings (SSSR count). The van der Waals surface area contributed by atoms with Crippen LogP contribution in [0.2, 0.25) is 0 Å². The van der Waals surface area contributed by atoms with Crippen LogP contribution in [0.3, 0.4) is 0 Å². The van der Waals surface area contributed by atoms with Gasteiger partial charge in [-0.1, -0.05) is 109 Å². The van der Waals surface area contributed by atoms with E-state index in [1.54, 1.807) is 6.07 Å². The lowest BCUT2D eigenvalue weighted by Crippen LogP contribution is -1.91. The number of phenolic OH excluding ortho intramolecular Hbond substituents is 6. The molecule has 1 heterocycles. The fourth-order valence-electron chi connectivity index (χ4n) is 7.36. The second kappa shape index (κ2) is 10.3. The number of benzene rings is 8. The van der Waals surface area contributed by atoms with Crippen molar-refractivity contribution in [2.45, 2.75) is 0 Å². The first-order valence-electron chi connectivity index (χ1n) is 15.6. The van der Waals surface area contributed by atoms with Crippen molar-refractivity contribution < 1.29 is 35.1 Å². The van der Waals surface area contributed by atoms with E-state index in [0.29, 0.717) is 16.5 Å². The first kappa shape index (κ1) is 28.4. The molecule has 0 aliphatic rings. The van der Waals surface area contributed by atoms with Crippen molar-refractivity contribution in [1.29, 1.82) is 0 Å². The summed E-state index contributed by atoms with van der Waals surface area (Å²) in [4.78, 5) is 0. The first-order chi connectivity index (χ1) is 23.8. The van der Waals surface area contributed by atoms with E-state index >= 15 is 0 Å². The van der Waals surface area contributed by atoms with E-state index in [2.05, 4.69) is 60.7 Å². The number of aromatic hydroxyl groups is 6. The summed E-state index contributed by atoms with van der Waals surface area (Å²) in [5.74, 6) is -5.15. The fraction of sp³-hybridized carbons (Fsp3) is 0. The van der Waals surface area contributed by atoms with Gasteiger partial charge in [-0.3, -0.25) is 0 Å². The third kappa shape index (κ3) is 3.90. The van der Waals surface area contributed by atoms with Gasteiger partial charge in [-0.25, -0.2) is 0 Å². The highest BCUT2D eigenvalue weighted by Crippen LogP contribution is 2.58. The summed E-state index contributed by atoms with van der Waals surface area (Å²) in [7, 11) is 0. The Bertz CT molecular complexity index is 2780. The Morgan fingerprint density at radius 2 is 0.816 bits per heavy atom. The van der Waals surface area contributed by atoms with Crippen molar-refractivity contribution in [3.8, 4) is 67.9 Å². The second-order valence-corrected chi connectivity index (χ2v) is 12.1. The van der Waals surface area contributed by atoms with Crippen LogP contribution in [0.15, 0.2) is 126 Å². The Hall–Kier alpha value is -6.86. The van der Waals surface area contributed by atoms with Gasteiger partial charge in [-0.15, -0.1) is 0 Å². The Morgan fingerprint density at radius 3 is 1.47 bits per heavy atom. The van der Waals surface area contributed by atoms with Gasteiger partial charge in [0.2, 0.25) is 11.5 Å². The quantitative estimate of drug-likeness (QED) is 0.0641. The largest absolute Gasteiger partial charge is 0.504 e. The molecule has 1 aromatic heterocycles. The smallest absolute Gasteiger partial charge is 0.205 e. The summed E-state index contributed by atoms with van der Waals surface area (Å²) in [5.41, 5.74) is 6.13. The van der Waals surface area contributed by atoms with Gasteiger partial charge in [0, 0.05) is 5.39 Å².